The first kappa shape index (κ1) is 20.6. The molecule has 0 spiro atoms. The van der Waals surface area contributed by atoms with Crippen molar-refractivity contribution in [1.82, 2.24) is 14.8 Å². The summed E-state index contributed by atoms with van der Waals surface area (Å²) in [7, 11) is 0. The highest BCUT2D eigenvalue weighted by atomic mass is 35.5. The van der Waals surface area contributed by atoms with Crippen molar-refractivity contribution in [3.8, 4) is 5.69 Å². The smallest absolute Gasteiger partial charge is 0.308 e. The van der Waals surface area contributed by atoms with Crippen LogP contribution in [0.5, 0.6) is 0 Å². The molecular formula is C16H18ClF3N4OS. The van der Waals surface area contributed by atoms with Crippen LogP contribution in [-0.2, 0) is 4.79 Å². The molecule has 1 atom stereocenters. The Balaban J connectivity index is 2.24. The van der Waals surface area contributed by atoms with E-state index in [2.05, 4.69) is 10.1 Å². The third-order valence-electron chi connectivity index (χ3n) is 3.53. The number of hydrogen-bond acceptors (Lipinski definition) is 4. The standard InChI is InChI=1S/C16H18ClF3N4OS/c1-3-13(26-10-16(18,19)20)15(25)23(4-2)12-9-24(22-14(12)17)11-6-5-7-21-8-11/h5-9,13H,3-4,10H2,1-2H3. The summed E-state index contributed by atoms with van der Waals surface area (Å²) in [5.41, 5.74) is 1.01. The molecule has 2 heterocycles. The Morgan fingerprint density at radius 2 is 2.15 bits per heavy atom. The second-order valence-corrected chi connectivity index (χ2v) is 6.92. The predicted molar refractivity (Wildman–Crippen MR) is 97.0 cm³/mol. The zero-order valence-electron chi connectivity index (χ0n) is 14.2. The first-order valence-corrected chi connectivity index (χ1v) is 9.34. The summed E-state index contributed by atoms with van der Waals surface area (Å²) < 4.78 is 38.9. The Morgan fingerprint density at radius 1 is 1.42 bits per heavy atom. The van der Waals surface area contributed by atoms with Gasteiger partial charge >= 0.3 is 6.18 Å². The second kappa shape index (κ2) is 8.77. The van der Waals surface area contributed by atoms with Crippen LogP contribution >= 0.6 is 23.4 Å². The predicted octanol–water partition coefficient (Wildman–Crippen LogP) is 4.35. The summed E-state index contributed by atoms with van der Waals surface area (Å²) in [4.78, 5) is 18.1. The van der Waals surface area contributed by atoms with Crippen molar-refractivity contribution in [2.75, 3.05) is 17.2 Å². The SMILES string of the molecule is CCC(SCC(F)(F)F)C(=O)N(CC)c1cn(-c2cccnc2)nc1Cl. The molecule has 0 aliphatic heterocycles. The number of nitrogens with zero attached hydrogens (tertiary/aromatic N) is 4. The lowest BCUT2D eigenvalue weighted by molar-refractivity contribution is -0.118. The first-order valence-electron chi connectivity index (χ1n) is 7.92. The third-order valence-corrected chi connectivity index (χ3v) is 5.23. The van der Waals surface area contributed by atoms with Crippen LogP contribution in [0.2, 0.25) is 5.15 Å². The van der Waals surface area contributed by atoms with Crippen molar-refractivity contribution in [3.05, 3.63) is 35.9 Å². The Kier molecular flexibility index (Phi) is 6.94. The van der Waals surface area contributed by atoms with E-state index in [0.717, 1.165) is 0 Å². The minimum absolute atomic E-state index is 0.0970. The van der Waals surface area contributed by atoms with E-state index in [-0.39, 0.29) is 18.1 Å². The zero-order valence-corrected chi connectivity index (χ0v) is 15.8. The molecule has 2 aromatic rings. The molecule has 0 N–H and O–H groups in total. The lowest BCUT2D eigenvalue weighted by atomic mass is 10.2. The Bertz CT molecular complexity index is 739. The van der Waals surface area contributed by atoms with Gasteiger partial charge in [0, 0.05) is 12.7 Å². The molecular weight excluding hydrogens is 389 g/mol. The Labute approximate surface area is 158 Å². The number of carbonyl (C=O) groups is 1. The summed E-state index contributed by atoms with van der Waals surface area (Å²) in [6, 6.07) is 3.50. The van der Waals surface area contributed by atoms with Crippen LogP contribution in [0.4, 0.5) is 18.9 Å². The van der Waals surface area contributed by atoms with Crippen molar-refractivity contribution in [2.45, 2.75) is 31.7 Å². The van der Waals surface area contributed by atoms with E-state index < -0.39 is 23.1 Å². The molecule has 0 saturated carbocycles. The summed E-state index contributed by atoms with van der Waals surface area (Å²) in [5, 5.41) is 3.45. The van der Waals surface area contributed by atoms with E-state index in [1.165, 1.54) is 9.58 Å². The minimum atomic E-state index is -4.32. The van der Waals surface area contributed by atoms with Gasteiger partial charge < -0.3 is 4.90 Å². The summed E-state index contributed by atoms with van der Waals surface area (Å²) in [5.74, 6) is -1.49. The highest BCUT2D eigenvalue weighted by Crippen LogP contribution is 2.31. The van der Waals surface area contributed by atoms with Crippen molar-refractivity contribution < 1.29 is 18.0 Å². The van der Waals surface area contributed by atoms with Crippen LogP contribution in [-0.4, -0.2) is 44.4 Å². The fourth-order valence-corrected chi connectivity index (χ4v) is 3.45. The third kappa shape index (κ3) is 5.14. The summed E-state index contributed by atoms with van der Waals surface area (Å²) >= 11 is 6.76. The largest absolute Gasteiger partial charge is 0.397 e. The van der Waals surface area contributed by atoms with Crippen molar-refractivity contribution >= 4 is 35.0 Å². The molecule has 2 aromatic heterocycles. The molecule has 0 bridgehead atoms. The zero-order chi connectivity index (χ0) is 19.3. The molecule has 0 aliphatic carbocycles. The van der Waals surface area contributed by atoms with Crippen LogP contribution in [0.3, 0.4) is 0 Å². The Hall–Kier alpha value is -1.74. The van der Waals surface area contributed by atoms with E-state index in [1.807, 2.05) is 0 Å². The van der Waals surface area contributed by atoms with Gasteiger partial charge in [-0.2, -0.15) is 18.3 Å². The van der Waals surface area contributed by atoms with Crippen LogP contribution in [0.15, 0.2) is 30.7 Å². The number of amides is 1. The minimum Gasteiger partial charge on any atom is -0.308 e. The topological polar surface area (TPSA) is 51.0 Å². The molecule has 0 aromatic carbocycles. The van der Waals surface area contributed by atoms with Gasteiger partial charge in [0.15, 0.2) is 5.15 Å². The molecule has 0 saturated heterocycles. The maximum absolute atomic E-state index is 12.8. The highest BCUT2D eigenvalue weighted by molar-refractivity contribution is 8.00. The Morgan fingerprint density at radius 3 is 2.69 bits per heavy atom. The molecule has 142 valence electrons. The molecule has 0 radical (unpaired) electrons. The van der Waals surface area contributed by atoms with E-state index in [0.29, 0.717) is 23.1 Å². The number of alkyl halides is 3. The number of halogens is 4. The first-order chi connectivity index (χ1) is 12.3. The lowest BCUT2D eigenvalue weighted by Crippen LogP contribution is -2.38. The average molecular weight is 407 g/mol. The van der Waals surface area contributed by atoms with Gasteiger partial charge in [-0.15, -0.1) is 11.8 Å². The number of pyridine rings is 1. The van der Waals surface area contributed by atoms with Gasteiger partial charge in [-0.05, 0) is 25.5 Å². The van der Waals surface area contributed by atoms with E-state index >= 15 is 0 Å². The molecule has 2 rings (SSSR count). The van der Waals surface area contributed by atoms with Gasteiger partial charge in [0.1, 0.15) is 5.69 Å². The number of hydrogen-bond donors (Lipinski definition) is 0. The molecule has 10 heteroatoms. The average Bonchev–Trinajstić information content (AvgIpc) is 2.98. The normalized spacial score (nSPS) is 12.8. The van der Waals surface area contributed by atoms with Crippen molar-refractivity contribution in [1.29, 1.82) is 0 Å². The van der Waals surface area contributed by atoms with Crippen LogP contribution in [0, 0.1) is 0 Å². The van der Waals surface area contributed by atoms with E-state index in [4.69, 9.17) is 11.6 Å². The van der Waals surface area contributed by atoms with Gasteiger partial charge in [-0.3, -0.25) is 9.78 Å². The molecule has 1 unspecified atom stereocenters. The number of thioether (sulfide) groups is 1. The monoisotopic (exact) mass is 406 g/mol. The van der Waals surface area contributed by atoms with Crippen LogP contribution in [0.1, 0.15) is 20.3 Å². The molecule has 0 fully saturated rings. The molecule has 0 aliphatic rings. The summed E-state index contributed by atoms with van der Waals surface area (Å²) in [6.45, 7) is 3.68. The summed E-state index contributed by atoms with van der Waals surface area (Å²) in [6.07, 6.45) is 0.727. The lowest BCUT2D eigenvalue weighted by Gasteiger charge is -2.24. The van der Waals surface area contributed by atoms with Gasteiger partial charge in [-0.25, -0.2) is 4.68 Å². The molecule has 5 nitrogen and oxygen atoms in total. The van der Waals surface area contributed by atoms with E-state index in [9.17, 15) is 18.0 Å². The molecule has 1 amide bonds. The number of anilines is 1. The second-order valence-electron chi connectivity index (χ2n) is 5.37. The van der Waals surface area contributed by atoms with E-state index in [1.54, 1.807) is 44.6 Å². The maximum Gasteiger partial charge on any atom is 0.397 e. The fraction of sp³-hybridized carbons (Fsp3) is 0.438. The quantitative estimate of drug-likeness (QED) is 0.686. The fourth-order valence-electron chi connectivity index (χ4n) is 2.32. The maximum atomic E-state index is 12.8. The number of rotatable bonds is 7. The van der Waals surface area contributed by atoms with Crippen molar-refractivity contribution in [3.63, 3.8) is 0 Å². The molecule has 26 heavy (non-hydrogen) atoms. The highest BCUT2D eigenvalue weighted by Gasteiger charge is 2.33. The van der Waals surface area contributed by atoms with Crippen molar-refractivity contribution in [2.24, 2.45) is 0 Å². The van der Waals surface area contributed by atoms with Crippen LogP contribution < -0.4 is 4.90 Å². The number of carbonyl (C=O) groups excluding carboxylic acids is 1. The van der Waals surface area contributed by atoms with Crippen LogP contribution in [0.25, 0.3) is 5.69 Å². The number of aromatic nitrogens is 3. The van der Waals surface area contributed by atoms with Gasteiger partial charge in [0.25, 0.3) is 0 Å². The van der Waals surface area contributed by atoms with Gasteiger partial charge in [0.2, 0.25) is 5.91 Å². The van der Waals surface area contributed by atoms with Gasteiger partial charge in [-0.1, -0.05) is 18.5 Å². The van der Waals surface area contributed by atoms with Gasteiger partial charge in [0.05, 0.1) is 29.1 Å².